The molecule has 7 heterocycles. The summed E-state index contributed by atoms with van der Waals surface area (Å²) in [5.41, 5.74) is 2.62. The van der Waals surface area contributed by atoms with E-state index in [1.165, 1.54) is 69.0 Å². The molecule has 0 saturated carbocycles. The number of nitrogens with zero attached hydrogens (tertiary/aromatic N) is 2. The van der Waals surface area contributed by atoms with Gasteiger partial charge in [0.25, 0.3) is 0 Å². The number of hydrogen-bond acceptors (Lipinski definition) is 6. The first-order valence-corrected chi connectivity index (χ1v) is 15.4. The number of rotatable bonds is 2. The van der Waals surface area contributed by atoms with Crippen LogP contribution in [0.1, 0.15) is 94.8 Å². The molecule has 5 fully saturated rings. The number of fused-ring (bicyclic) bond motifs is 2. The first-order chi connectivity index (χ1) is 17.5. The topological polar surface area (TPSA) is 53.0 Å². The van der Waals surface area contributed by atoms with Crippen LogP contribution in [-0.2, 0) is 0 Å². The molecule has 2 aromatic rings. The summed E-state index contributed by atoms with van der Waals surface area (Å²) in [5, 5.41) is 12.2. The van der Waals surface area contributed by atoms with Gasteiger partial charge >= 0.3 is 0 Å². The summed E-state index contributed by atoms with van der Waals surface area (Å²) in [7, 11) is 0. The molecule has 7 rings (SSSR count). The van der Waals surface area contributed by atoms with E-state index in [1.54, 1.807) is 6.26 Å². The van der Waals surface area contributed by atoms with Crippen molar-refractivity contribution in [3.05, 3.63) is 48.3 Å². The van der Waals surface area contributed by atoms with Crippen molar-refractivity contribution in [1.82, 2.24) is 9.80 Å². The van der Waals surface area contributed by atoms with Gasteiger partial charge in [-0.3, -0.25) is 9.80 Å². The van der Waals surface area contributed by atoms with E-state index in [2.05, 4.69) is 47.5 Å². The van der Waals surface area contributed by atoms with Crippen molar-refractivity contribution in [3.8, 4) is 0 Å². The Kier molecular flexibility index (Phi) is 5.92. The second-order valence-corrected chi connectivity index (χ2v) is 14.4. The predicted molar refractivity (Wildman–Crippen MR) is 143 cm³/mol. The van der Waals surface area contributed by atoms with E-state index in [4.69, 9.17) is 8.83 Å². The molecule has 5 saturated heterocycles. The zero-order chi connectivity index (χ0) is 24.5. The molecule has 0 amide bonds. The van der Waals surface area contributed by atoms with Gasteiger partial charge in [-0.05, 0) is 81.8 Å². The van der Waals surface area contributed by atoms with E-state index in [0.29, 0.717) is 28.8 Å². The zero-order valence-corrected chi connectivity index (χ0v) is 22.7. The molecule has 0 radical (unpaired) electrons. The van der Waals surface area contributed by atoms with Gasteiger partial charge in [0.1, 0.15) is 6.23 Å². The van der Waals surface area contributed by atoms with Gasteiger partial charge in [-0.1, -0.05) is 13.8 Å². The maximum Gasteiger partial charge on any atom is 0.114 e. The van der Waals surface area contributed by atoms with Crippen LogP contribution >= 0.6 is 11.8 Å². The Labute approximate surface area is 220 Å². The predicted octanol–water partition coefficient (Wildman–Crippen LogP) is 6.62. The van der Waals surface area contributed by atoms with Gasteiger partial charge in [0.05, 0.1) is 25.1 Å². The number of aliphatic hydroxyl groups is 1. The van der Waals surface area contributed by atoms with Crippen molar-refractivity contribution in [2.24, 2.45) is 17.3 Å². The lowest BCUT2D eigenvalue weighted by Gasteiger charge is -2.57. The standard InChI is InChI=1S/C30H42N2O3S/c1-20-4-6-26(23-9-14-35-17-23)32-24(20)7-10-29(28(32)33)18-30(36-19-29)11-12-31-25(22-8-13-34-16-22)5-3-21(2)27(31)15-30/h8-9,13-14,16-17,20-21,24-28,33H,3-7,10-12,15,18-19H2,1-2H3/t20-,21-,24+,25+,26+,27+,28-,29-,30-/m1/s1. The second-order valence-electron chi connectivity index (χ2n) is 13.0. The lowest BCUT2D eigenvalue weighted by atomic mass is 9.65. The van der Waals surface area contributed by atoms with E-state index < -0.39 is 0 Å². The van der Waals surface area contributed by atoms with Gasteiger partial charge in [0.2, 0.25) is 0 Å². The Hall–Kier alpha value is -1.21. The molecule has 0 bridgehead atoms. The van der Waals surface area contributed by atoms with Crippen molar-refractivity contribution in [3.63, 3.8) is 0 Å². The molecule has 5 aliphatic rings. The third-order valence-electron chi connectivity index (χ3n) is 11.0. The maximum atomic E-state index is 12.2. The molecule has 196 valence electrons. The number of thioether (sulfide) groups is 1. The highest BCUT2D eigenvalue weighted by Gasteiger charge is 2.60. The fourth-order valence-corrected chi connectivity index (χ4v) is 10.9. The summed E-state index contributed by atoms with van der Waals surface area (Å²) in [6.45, 7) is 6.04. The van der Waals surface area contributed by atoms with E-state index >= 15 is 0 Å². The molecular formula is C30H42N2O3S. The van der Waals surface area contributed by atoms with E-state index in [1.807, 2.05) is 18.8 Å². The molecule has 2 aromatic heterocycles. The summed E-state index contributed by atoms with van der Waals surface area (Å²) in [5.74, 6) is 2.49. The Morgan fingerprint density at radius 1 is 0.889 bits per heavy atom. The van der Waals surface area contributed by atoms with Gasteiger partial charge in [-0.15, -0.1) is 0 Å². The van der Waals surface area contributed by atoms with Crippen molar-refractivity contribution in [2.45, 2.75) is 107 Å². The lowest BCUT2D eigenvalue weighted by Crippen LogP contribution is -2.62. The van der Waals surface area contributed by atoms with Crippen LogP contribution in [0.15, 0.2) is 46.0 Å². The van der Waals surface area contributed by atoms with E-state index in [-0.39, 0.29) is 17.7 Å². The largest absolute Gasteiger partial charge is 0.472 e. The Bertz CT molecular complexity index is 1040. The molecule has 1 N–H and O–H groups in total. The van der Waals surface area contributed by atoms with Crippen molar-refractivity contribution in [1.29, 1.82) is 0 Å². The minimum absolute atomic E-state index is 0.0181. The Morgan fingerprint density at radius 2 is 1.58 bits per heavy atom. The smallest absolute Gasteiger partial charge is 0.114 e. The van der Waals surface area contributed by atoms with E-state index in [9.17, 15) is 5.11 Å². The molecule has 0 aromatic carbocycles. The summed E-state index contributed by atoms with van der Waals surface area (Å²) in [6.07, 6.45) is 18.1. The number of aliphatic hydroxyl groups excluding tert-OH is 1. The highest BCUT2D eigenvalue weighted by Crippen LogP contribution is 2.62. The van der Waals surface area contributed by atoms with Gasteiger partial charge in [0.15, 0.2) is 0 Å². The molecule has 36 heavy (non-hydrogen) atoms. The molecule has 0 unspecified atom stereocenters. The average molecular weight is 511 g/mol. The maximum absolute atomic E-state index is 12.2. The second kappa shape index (κ2) is 8.93. The van der Waals surface area contributed by atoms with Crippen LogP contribution in [0, 0.1) is 17.3 Å². The SMILES string of the molecule is C[C@@H]1CC[C@@H](c2ccoc2)N2CC[C@@]3(C[C@@H]12)C[C@]1(CC[C@H]2[C@H](C)CC[C@@H](c4ccoc4)N2[C@@H]1O)CS3. The molecule has 9 atom stereocenters. The lowest BCUT2D eigenvalue weighted by molar-refractivity contribution is -0.182. The molecule has 2 spiro atoms. The van der Waals surface area contributed by atoms with Crippen molar-refractivity contribution in [2.75, 3.05) is 12.3 Å². The van der Waals surface area contributed by atoms with Crippen molar-refractivity contribution < 1.29 is 13.9 Å². The molecular weight excluding hydrogens is 468 g/mol. The fraction of sp³-hybridized carbons (Fsp3) is 0.733. The fourth-order valence-electron chi connectivity index (χ4n) is 9.03. The first kappa shape index (κ1) is 23.9. The van der Waals surface area contributed by atoms with Gasteiger partial charge in [-0.25, -0.2) is 0 Å². The Balaban J connectivity index is 1.13. The summed E-state index contributed by atoms with van der Waals surface area (Å²) < 4.78 is 11.3. The summed E-state index contributed by atoms with van der Waals surface area (Å²) in [6, 6.07) is 6.21. The summed E-state index contributed by atoms with van der Waals surface area (Å²) in [4.78, 5) is 5.35. The number of furan rings is 2. The molecule has 5 aliphatic heterocycles. The van der Waals surface area contributed by atoms with Crippen LogP contribution in [0.2, 0.25) is 0 Å². The van der Waals surface area contributed by atoms with Crippen LogP contribution in [0.5, 0.6) is 0 Å². The normalized spacial score (nSPS) is 45.7. The van der Waals surface area contributed by atoms with Crippen LogP contribution in [-0.4, -0.2) is 50.3 Å². The Morgan fingerprint density at radius 3 is 2.31 bits per heavy atom. The van der Waals surface area contributed by atoms with Crippen LogP contribution < -0.4 is 0 Å². The van der Waals surface area contributed by atoms with E-state index in [0.717, 1.165) is 18.1 Å². The molecule has 0 aliphatic carbocycles. The minimum atomic E-state index is -0.355. The van der Waals surface area contributed by atoms with Crippen molar-refractivity contribution >= 4 is 11.8 Å². The zero-order valence-electron chi connectivity index (χ0n) is 21.9. The third-order valence-corrected chi connectivity index (χ3v) is 12.9. The van der Waals surface area contributed by atoms with Gasteiger partial charge in [0, 0.05) is 57.8 Å². The van der Waals surface area contributed by atoms with Crippen LogP contribution in [0.3, 0.4) is 0 Å². The van der Waals surface area contributed by atoms with Crippen LogP contribution in [0.4, 0.5) is 0 Å². The number of piperidine rings is 4. The highest BCUT2D eigenvalue weighted by atomic mass is 32.2. The molecule has 5 nitrogen and oxygen atoms in total. The highest BCUT2D eigenvalue weighted by molar-refractivity contribution is 8.01. The number of hydrogen-bond donors (Lipinski definition) is 1. The summed E-state index contributed by atoms with van der Waals surface area (Å²) >= 11 is 2.22. The monoisotopic (exact) mass is 510 g/mol. The third kappa shape index (κ3) is 3.69. The quantitative estimate of drug-likeness (QED) is 0.490. The van der Waals surface area contributed by atoms with Crippen LogP contribution in [0.25, 0.3) is 0 Å². The average Bonchev–Trinajstić information content (AvgIpc) is 3.66. The van der Waals surface area contributed by atoms with Gasteiger partial charge < -0.3 is 13.9 Å². The van der Waals surface area contributed by atoms with Gasteiger partial charge in [-0.2, -0.15) is 11.8 Å². The first-order valence-electron chi connectivity index (χ1n) is 14.4. The molecule has 6 heteroatoms. The minimum Gasteiger partial charge on any atom is -0.472 e.